The van der Waals surface area contributed by atoms with Gasteiger partial charge in [-0.25, -0.2) is 0 Å². The smallest absolute Gasteiger partial charge is 0.147 e. The molecule has 78 valence electrons. The van der Waals surface area contributed by atoms with Crippen molar-refractivity contribution in [3.8, 4) is 0 Å². The summed E-state index contributed by atoms with van der Waals surface area (Å²) in [5.41, 5.74) is 1.80. The summed E-state index contributed by atoms with van der Waals surface area (Å²) in [5, 5.41) is 3.45. The zero-order valence-electron chi connectivity index (χ0n) is 9.05. The third-order valence-electron chi connectivity index (χ3n) is 2.95. The third-order valence-corrected chi connectivity index (χ3v) is 2.95. The minimum Gasteiger partial charge on any atom is -0.307 e. The molecular formula is C12H19NO. The molecule has 0 aliphatic heterocycles. The van der Waals surface area contributed by atoms with E-state index < -0.39 is 0 Å². The van der Waals surface area contributed by atoms with Crippen LogP contribution in [0.4, 0.5) is 0 Å². The number of carbonyl (C=O) groups is 1. The number of nitrogens with one attached hydrogen (secondary N) is 1. The summed E-state index contributed by atoms with van der Waals surface area (Å²) in [6.07, 6.45) is 6.47. The first-order valence-electron chi connectivity index (χ1n) is 5.23. The quantitative estimate of drug-likeness (QED) is 0.412. The van der Waals surface area contributed by atoms with Crippen LogP contribution in [0.5, 0.6) is 0 Å². The minimum absolute atomic E-state index is 0.149. The topological polar surface area (TPSA) is 29.1 Å². The minimum atomic E-state index is 0.149. The van der Waals surface area contributed by atoms with Crippen LogP contribution < -0.4 is 5.32 Å². The fourth-order valence-corrected chi connectivity index (χ4v) is 1.67. The Bertz CT molecular complexity index is 251. The summed E-state index contributed by atoms with van der Waals surface area (Å²) in [7, 11) is 0. The fourth-order valence-electron chi connectivity index (χ4n) is 1.67. The molecule has 1 fully saturated rings. The molecule has 1 saturated carbocycles. The molecule has 0 radical (unpaired) electrons. The lowest BCUT2D eigenvalue weighted by Crippen LogP contribution is -2.42. The molecule has 0 bridgehead atoms. The highest BCUT2D eigenvalue weighted by Crippen LogP contribution is 2.20. The second-order valence-electron chi connectivity index (χ2n) is 3.98. The van der Waals surface area contributed by atoms with Crippen LogP contribution in [0.15, 0.2) is 23.8 Å². The van der Waals surface area contributed by atoms with Crippen molar-refractivity contribution in [2.75, 3.05) is 0 Å². The van der Waals surface area contributed by atoms with Crippen LogP contribution in [0.25, 0.3) is 0 Å². The Morgan fingerprint density at radius 2 is 2.21 bits per heavy atom. The predicted molar refractivity (Wildman–Crippen MR) is 59.2 cm³/mol. The molecule has 0 heterocycles. The largest absolute Gasteiger partial charge is 0.307 e. The molecule has 0 aromatic rings. The summed E-state index contributed by atoms with van der Waals surface area (Å²) in [5.74, 6) is 0. The number of hydrogen-bond donors (Lipinski definition) is 1. The van der Waals surface area contributed by atoms with E-state index >= 15 is 0 Å². The van der Waals surface area contributed by atoms with Gasteiger partial charge in [-0.05, 0) is 32.3 Å². The molecule has 1 aliphatic carbocycles. The molecule has 1 N–H and O–H groups in total. The molecule has 0 aromatic heterocycles. The van der Waals surface area contributed by atoms with Crippen molar-refractivity contribution in [3.63, 3.8) is 0 Å². The van der Waals surface area contributed by atoms with Gasteiger partial charge in [0.1, 0.15) is 6.29 Å². The second kappa shape index (κ2) is 5.11. The van der Waals surface area contributed by atoms with Crippen LogP contribution in [0, 0.1) is 0 Å². The van der Waals surface area contributed by atoms with Gasteiger partial charge in [0.2, 0.25) is 0 Å². The van der Waals surface area contributed by atoms with Gasteiger partial charge in [0, 0.05) is 17.7 Å². The average Bonchev–Trinajstić information content (AvgIpc) is 2.12. The first kappa shape index (κ1) is 11.2. The van der Waals surface area contributed by atoms with E-state index in [1.165, 1.54) is 19.3 Å². The maximum Gasteiger partial charge on any atom is 0.147 e. The summed E-state index contributed by atoms with van der Waals surface area (Å²) >= 11 is 0. The first-order chi connectivity index (χ1) is 6.69. The molecule has 0 amide bonds. The Hall–Kier alpha value is -0.890. The van der Waals surface area contributed by atoms with E-state index in [1.54, 1.807) is 6.08 Å². The van der Waals surface area contributed by atoms with Crippen LogP contribution in [-0.2, 0) is 4.79 Å². The van der Waals surface area contributed by atoms with Crippen molar-refractivity contribution < 1.29 is 4.79 Å². The number of hydrogen-bond acceptors (Lipinski definition) is 2. The Labute approximate surface area is 86.1 Å². The maximum absolute atomic E-state index is 10.9. The Morgan fingerprint density at radius 3 is 2.57 bits per heavy atom. The standard InChI is InChI=1S/C12H19NO/c1-4-9(2)12(8-14)10(3)13-11-6-5-7-11/h4,8,10-11,13H,1,5-7H2,2-3H3/b12-9-. The van der Waals surface area contributed by atoms with Crippen molar-refractivity contribution in [2.45, 2.75) is 45.2 Å². The van der Waals surface area contributed by atoms with Crippen LogP contribution in [0.2, 0.25) is 0 Å². The molecule has 14 heavy (non-hydrogen) atoms. The molecular weight excluding hydrogens is 174 g/mol. The van der Waals surface area contributed by atoms with Gasteiger partial charge >= 0.3 is 0 Å². The van der Waals surface area contributed by atoms with E-state index in [1.807, 2.05) is 13.8 Å². The van der Waals surface area contributed by atoms with E-state index in [4.69, 9.17) is 0 Å². The molecule has 0 saturated heterocycles. The predicted octanol–water partition coefficient (Wildman–Crippen LogP) is 2.22. The van der Waals surface area contributed by atoms with Crippen molar-refractivity contribution in [1.29, 1.82) is 0 Å². The van der Waals surface area contributed by atoms with Gasteiger partial charge in [0.05, 0.1) is 0 Å². The van der Waals surface area contributed by atoms with Crippen LogP contribution in [-0.4, -0.2) is 18.4 Å². The highest BCUT2D eigenvalue weighted by molar-refractivity contribution is 5.77. The molecule has 0 aromatic carbocycles. The number of aldehydes is 1. The monoisotopic (exact) mass is 193 g/mol. The lowest BCUT2D eigenvalue weighted by molar-refractivity contribution is -0.105. The molecule has 1 unspecified atom stereocenters. The van der Waals surface area contributed by atoms with E-state index in [-0.39, 0.29) is 6.04 Å². The molecule has 2 nitrogen and oxygen atoms in total. The van der Waals surface area contributed by atoms with Crippen LogP contribution >= 0.6 is 0 Å². The summed E-state index contributed by atoms with van der Waals surface area (Å²) in [6.45, 7) is 7.64. The summed E-state index contributed by atoms with van der Waals surface area (Å²) in [6, 6.07) is 0.758. The van der Waals surface area contributed by atoms with Gasteiger partial charge in [-0.15, -0.1) is 0 Å². The molecule has 0 spiro atoms. The summed E-state index contributed by atoms with van der Waals surface area (Å²) < 4.78 is 0. The van der Waals surface area contributed by atoms with Crippen molar-refractivity contribution in [2.24, 2.45) is 0 Å². The summed E-state index contributed by atoms with van der Waals surface area (Å²) in [4.78, 5) is 10.9. The Balaban J connectivity index is 2.58. The highest BCUT2D eigenvalue weighted by Gasteiger charge is 2.20. The number of carbonyl (C=O) groups excluding carboxylic acids is 1. The molecule has 1 aliphatic rings. The molecule has 1 atom stereocenters. The van der Waals surface area contributed by atoms with Gasteiger partial charge in [0.25, 0.3) is 0 Å². The van der Waals surface area contributed by atoms with Gasteiger partial charge < -0.3 is 5.32 Å². The molecule has 2 heteroatoms. The second-order valence-corrected chi connectivity index (χ2v) is 3.98. The van der Waals surface area contributed by atoms with Gasteiger partial charge in [0.15, 0.2) is 0 Å². The van der Waals surface area contributed by atoms with Gasteiger partial charge in [-0.2, -0.15) is 0 Å². The van der Waals surface area contributed by atoms with Gasteiger partial charge in [-0.3, -0.25) is 4.79 Å². The fraction of sp³-hybridized carbons (Fsp3) is 0.583. The lowest BCUT2D eigenvalue weighted by Gasteiger charge is -2.30. The lowest BCUT2D eigenvalue weighted by atomic mass is 9.91. The van der Waals surface area contributed by atoms with E-state index in [0.29, 0.717) is 6.04 Å². The Kier molecular flexibility index (Phi) is 4.08. The molecule has 1 rings (SSSR count). The highest BCUT2D eigenvalue weighted by atomic mass is 16.1. The van der Waals surface area contributed by atoms with Crippen LogP contribution in [0.1, 0.15) is 33.1 Å². The Morgan fingerprint density at radius 1 is 1.57 bits per heavy atom. The van der Waals surface area contributed by atoms with Crippen molar-refractivity contribution >= 4 is 6.29 Å². The zero-order valence-corrected chi connectivity index (χ0v) is 9.05. The van der Waals surface area contributed by atoms with Crippen molar-refractivity contribution in [1.82, 2.24) is 5.32 Å². The van der Waals surface area contributed by atoms with Crippen molar-refractivity contribution in [3.05, 3.63) is 23.8 Å². The van der Waals surface area contributed by atoms with E-state index in [2.05, 4.69) is 11.9 Å². The number of rotatable bonds is 5. The third kappa shape index (κ3) is 2.55. The first-order valence-corrected chi connectivity index (χ1v) is 5.23. The SMILES string of the molecule is C=C/C(C)=C(/C=O)C(C)NC1CCC1. The van der Waals surface area contributed by atoms with Gasteiger partial charge in [-0.1, -0.05) is 19.1 Å². The zero-order chi connectivity index (χ0) is 10.6. The van der Waals surface area contributed by atoms with Crippen LogP contribution in [0.3, 0.4) is 0 Å². The normalized spacial score (nSPS) is 20.7. The maximum atomic E-state index is 10.9. The number of allylic oxidation sites excluding steroid dienone is 2. The van der Waals surface area contributed by atoms with E-state index in [0.717, 1.165) is 17.4 Å². The average molecular weight is 193 g/mol. The van der Waals surface area contributed by atoms with E-state index in [9.17, 15) is 4.79 Å².